The Morgan fingerprint density at radius 3 is 2.60 bits per heavy atom. The molecule has 4 rings (SSSR count). The summed E-state index contributed by atoms with van der Waals surface area (Å²) in [4.78, 5) is 23.3. The Hall–Kier alpha value is -3.09. The second-order valence-corrected chi connectivity index (χ2v) is 8.01. The number of aliphatic imine (C=N–C) groups is 1. The molecule has 1 aromatic heterocycles. The molecule has 2 heterocycles. The molecular formula is C23H18ClN3O2S. The number of likely N-dealkylation sites (N-methyl/N-ethyl adjacent to an activating group) is 1. The standard InChI is InChI=1S/C23H18ClN3O2S/c1-27-22(28)21(30-23(27)26-19-3-2-12-25-14-19)13-16-6-10-20(11-7-16)29-15-17-4-8-18(24)9-5-17/h2-14H,15H2,1H3/b21-13-,26-23?. The number of aromatic nitrogens is 1. The highest BCUT2D eigenvalue weighted by molar-refractivity contribution is 8.18. The summed E-state index contributed by atoms with van der Waals surface area (Å²) in [5.41, 5.74) is 2.67. The summed E-state index contributed by atoms with van der Waals surface area (Å²) in [6, 6.07) is 18.8. The normalized spacial score (nSPS) is 16.5. The van der Waals surface area contributed by atoms with Gasteiger partial charge in [0.15, 0.2) is 5.17 Å². The van der Waals surface area contributed by atoms with Crippen LogP contribution in [0, 0.1) is 0 Å². The lowest BCUT2D eigenvalue weighted by atomic mass is 10.2. The number of thioether (sulfide) groups is 1. The number of ether oxygens (including phenoxy) is 1. The van der Waals surface area contributed by atoms with Crippen molar-refractivity contribution in [1.29, 1.82) is 0 Å². The molecule has 3 aromatic rings. The van der Waals surface area contributed by atoms with Crippen LogP contribution in [-0.2, 0) is 11.4 Å². The van der Waals surface area contributed by atoms with Gasteiger partial charge in [-0.25, -0.2) is 4.99 Å². The molecule has 150 valence electrons. The molecule has 0 saturated carbocycles. The Kier molecular flexibility index (Phi) is 6.16. The predicted octanol–water partition coefficient (Wildman–Crippen LogP) is 5.55. The average Bonchev–Trinajstić information content (AvgIpc) is 3.03. The van der Waals surface area contributed by atoms with Crippen LogP contribution in [0.25, 0.3) is 6.08 Å². The van der Waals surface area contributed by atoms with Crippen LogP contribution in [0.15, 0.2) is 83.0 Å². The molecule has 0 atom stereocenters. The van der Waals surface area contributed by atoms with Gasteiger partial charge in [-0.1, -0.05) is 35.9 Å². The smallest absolute Gasteiger partial charge is 0.266 e. The first-order valence-electron chi connectivity index (χ1n) is 9.22. The van der Waals surface area contributed by atoms with Gasteiger partial charge in [0.2, 0.25) is 0 Å². The number of benzene rings is 2. The number of carbonyl (C=O) groups excluding carboxylic acids is 1. The summed E-state index contributed by atoms with van der Waals surface area (Å²) >= 11 is 7.25. The number of hydrogen-bond donors (Lipinski definition) is 0. The number of hydrogen-bond acceptors (Lipinski definition) is 5. The third kappa shape index (κ3) is 4.90. The van der Waals surface area contributed by atoms with E-state index in [0.29, 0.717) is 27.4 Å². The van der Waals surface area contributed by atoms with Crippen molar-refractivity contribution >= 4 is 46.2 Å². The zero-order valence-electron chi connectivity index (χ0n) is 16.2. The summed E-state index contributed by atoms with van der Waals surface area (Å²) < 4.78 is 5.81. The Morgan fingerprint density at radius 2 is 1.90 bits per heavy atom. The van der Waals surface area contributed by atoms with Crippen LogP contribution < -0.4 is 4.74 Å². The molecule has 30 heavy (non-hydrogen) atoms. The second-order valence-electron chi connectivity index (χ2n) is 6.56. The summed E-state index contributed by atoms with van der Waals surface area (Å²) in [7, 11) is 1.72. The molecule has 0 bridgehead atoms. The van der Waals surface area contributed by atoms with E-state index in [4.69, 9.17) is 16.3 Å². The first-order chi connectivity index (χ1) is 14.6. The first kappa shape index (κ1) is 20.2. The van der Waals surface area contributed by atoms with Gasteiger partial charge in [-0.2, -0.15) is 0 Å². The molecule has 0 radical (unpaired) electrons. The van der Waals surface area contributed by atoms with E-state index in [2.05, 4.69) is 9.98 Å². The maximum absolute atomic E-state index is 12.6. The molecule has 0 aliphatic carbocycles. The first-order valence-corrected chi connectivity index (χ1v) is 10.4. The molecule has 1 fully saturated rings. The lowest BCUT2D eigenvalue weighted by Crippen LogP contribution is -2.23. The quantitative estimate of drug-likeness (QED) is 0.493. The third-order valence-electron chi connectivity index (χ3n) is 4.37. The maximum atomic E-state index is 12.6. The van der Waals surface area contributed by atoms with Crippen molar-refractivity contribution < 1.29 is 9.53 Å². The van der Waals surface area contributed by atoms with Crippen LogP contribution in [0.1, 0.15) is 11.1 Å². The van der Waals surface area contributed by atoms with Crippen LogP contribution >= 0.6 is 23.4 Å². The predicted molar refractivity (Wildman–Crippen MR) is 122 cm³/mol. The van der Waals surface area contributed by atoms with E-state index in [1.807, 2.05) is 66.7 Å². The van der Waals surface area contributed by atoms with Crippen LogP contribution in [0.5, 0.6) is 5.75 Å². The molecule has 7 heteroatoms. The van der Waals surface area contributed by atoms with Crippen LogP contribution in [0.4, 0.5) is 5.69 Å². The highest BCUT2D eigenvalue weighted by atomic mass is 35.5. The molecule has 1 amide bonds. The number of nitrogens with zero attached hydrogens (tertiary/aromatic N) is 3. The number of pyridine rings is 1. The van der Waals surface area contributed by atoms with E-state index >= 15 is 0 Å². The summed E-state index contributed by atoms with van der Waals surface area (Å²) in [6.45, 7) is 0.463. The van der Waals surface area contributed by atoms with Crippen molar-refractivity contribution in [2.24, 2.45) is 4.99 Å². The Balaban J connectivity index is 1.43. The molecule has 1 aliphatic rings. The van der Waals surface area contributed by atoms with Gasteiger partial charge in [-0.3, -0.25) is 14.7 Å². The molecule has 2 aromatic carbocycles. The number of rotatable bonds is 5. The van der Waals surface area contributed by atoms with E-state index in [9.17, 15) is 4.79 Å². The van der Waals surface area contributed by atoms with E-state index in [1.54, 1.807) is 24.3 Å². The zero-order chi connectivity index (χ0) is 20.9. The van der Waals surface area contributed by atoms with Crippen molar-refractivity contribution in [1.82, 2.24) is 9.88 Å². The molecule has 0 N–H and O–H groups in total. The zero-order valence-corrected chi connectivity index (χ0v) is 17.7. The topological polar surface area (TPSA) is 54.8 Å². The van der Waals surface area contributed by atoms with Crippen molar-refractivity contribution in [3.05, 3.63) is 94.1 Å². The Morgan fingerprint density at radius 1 is 1.13 bits per heavy atom. The fourth-order valence-electron chi connectivity index (χ4n) is 2.74. The van der Waals surface area contributed by atoms with Gasteiger partial charge in [0.25, 0.3) is 5.91 Å². The average molecular weight is 436 g/mol. The van der Waals surface area contributed by atoms with E-state index in [-0.39, 0.29) is 5.91 Å². The minimum Gasteiger partial charge on any atom is -0.489 e. The lowest BCUT2D eigenvalue weighted by molar-refractivity contribution is -0.121. The number of amides is 1. The van der Waals surface area contributed by atoms with Crippen molar-refractivity contribution in [3.8, 4) is 5.75 Å². The number of carbonyl (C=O) groups is 1. The summed E-state index contributed by atoms with van der Waals surface area (Å²) in [5.74, 6) is 0.680. The summed E-state index contributed by atoms with van der Waals surface area (Å²) in [6.07, 6.45) is 5.21. The molecular weight excluding hydrogens is 418 g/mol. The Labute approximate surface area is 184 Å². The molecule has 0 unspecified atom stereocenters. The minimum absolute atomic E-state index is 0.0781. The minimum atomic E-state index is -0.0781. The third-order valence-corrected chi connectivity index (χ3v) is 5.68. The molecule has 0 spiro atoms. The van der Waals surface area contributed by atoms with Crippen LogP contribution in [-0.4, -0.2) is 28.0 Å². The van der Waals surface area contributed by atoms with Gasteiger partial charge in [0.05, 0.1) is 16.8 Å². The highest BCUT2D eigenvalue weighted by Gasteiger charge is 2.30. The van der Waals surface area contributed by atoms with Gasteiger partial charge in [-0.05, 0) is 65.4 Å². The Bertz CT molecular complexity index is 1100. The fraction of sp³-hybridized carbons (Fsp3) is 0.0870. The van der Waals surface area contributed by atoms with Gasteiger partial charge in [0, 0.05) is 18.3 Å². The number of amidine groups is 1. The largest absolute Gasteiger partial charge is 0.489 e. The van der Waals surface area contributed by atoms with Crippen LogP contribution in [0.2, 0.25) is 5.02 Å². The van der Waals surface area contributed by atoms with Crippen molar-refractivity contribution in [2.75, 3.05) is 7.05 Å². The van der Waals surface area contributed by atoms with Gasteiger partial charge < -0.3 is 4.74 Å². The molecule has 1 aliphatic heterocycles. The van der Waals surface area contributed by atoms with Gasteiger partial charge >= 0.3 is 0 Å². The van der Waals surface area contributed by atoms with E-state index in [0.717, 1.165) is 16.9 Å². The summed E-state index contributed by atoms with van der Waals surface area (Å²) in [5, 5.41) is 1.33. The van der Waals surface area contributed by atoms with Crippen LogP contribution in [0.3, 0.4) is 0 Å². The second kappa shape index (κ2) is 9.15. The monoisotopic (exact) mass is 435 g/mol. The molecule has 1 saturated heterocycles. The van der Waals surface area contributed by atoms with Crippen molar-refractivity contribution in [3.63, 3.8) is 0 Å². The lowest BCUT2D eigenvalue weighted by Gasteiger charge is -2.07. The fourth-order valence-corrected chi connectivity index (χ4v) is 3.85. The van der Waals surface area contributed by atoms with Crippen molar-refractivity contribution in [2.45, 2.75) is 6.61 Å². The van der Waals surface area contributed by atoms with Gasteiger partial charge in [0.1, 0.15) is 12.4 Å². The molecule has 5 nitrogen and oxygen atoms in total. The number of halogens is 1. The van der Waals surface area contributed by atoms with E-state index in [1.165, 1.54) is 11.8 Å². The highest BCUT2D eigenvalue weighted by Crippen LogP contribution is 2.33. The van der Waals surface area contributed by atoms with E-state index < -0.39 is 0 Å². The maximum Gasteiger partial charge on any atom is 0.266 e. The van der Waals surface area contributed by atoms with Gasteiger partial charge in [-0.15, -0.1) is 0 Å². The SMILES string of the molecule is CN1C(=O)/C(=C/c2ccc(OCc3ccc(Cl)cc3)cc2)SC1=Nc1cccnc1.